The molecule has 0 saturated carbocycles. The van der Waals surface area contributed by atoms with Gasteiger partial charge in [0.05, 0.1) is 0 Å². The van der Waals surface area contributed by atoms with Crippen LogP contribution in [0.3, 0.4) is 0 Å². The van der Waals surface area contributed by atoms with Gasteiger partial charge in [-0.15, -0.1) is 0 Å². The van der Waals surface area contributed by atoms with Crippen LogP contribution >= 0.6 is 0 Å². The Balaban J connectivity index is 0.000000564. The van der Waals surface area contributed by atoms with E-state index in [0.29, 0.717) is 30.7 Å². The average molecular weight is 453 g/mol. The molecule has 0 radical (unpaired) electrons. The zero-order valence-electron chi connectivity index (χ0n) is 15.4. The number of nitrogens with two attached hydrogens (primary N) is 1. The summed E-state index contributed by atoms with van der Waals surface area (Å²) in [6.07, 6.45) is -8.93. The molecular weight excluding hydrogens is 432 g/mol. The first-order valence-corrected chi connectivity index (χ1v) is 8.54. The third-order valence-electron chi connectivity index (χ3n) is 3.85. The SMILES string of the molecule is NCCCC[C@H](NC(=O)C(F)(F)F)C(=O)O.O=C(O)[C@@H]1CCCN1C(=O)C(F)(F)F. The lowest BCUT2D eigenvalue weighted by atomic mass is 10.1. The molecule has 1 aliphatic rings. The number of hydrogen-bond acceptors (Lipinski definition) is 5. The number of hydrogen-bond donors (Lipinski definition) is 4. The molecule has 9 nitrogen and oxygen atoms in total. The molecule has 1 fully saturated rings. The number of nitrogens with zero attached hydrogens (tertiary/aromatic N) is 1. The fraction of sp³-hybridized carbons (Fsp3) is 0.733. The number of carbonyl (C=O) groups excluding carboxylic acids is 2. The molecule has 30 heavy (non-hydrogen) atoms. The first-order valence-electron chi connectivity index (χ1n) is 8.54. The summed E-state index contributed by atoms with van der Waals surface area (Å²) >= 11 is 0. The van der Waals surface area contributed by atoms with Crippen molar-refractivity contribution in [2.24, 2.45) is 5.73 Å². The van der Waals surface area contributed by atoms with Crippen LogP contribution in [0.15, 0.2) is 0 Å². The smallest absolute Gasteiger partial charge is 0.471 e. The number of likely N-dealkylation sites (tertiary alicyclic amines) is 1. The van der Waals surface area contributed by atoms with E-state index in [-0.39, 0.29) is 19.4 Å². The van der Waals surface area contributed by atoms with E-state index < -0.39 is 48.2 Å². The van der Waals surface area contributed by atoms with Gasteiger partial charge in [0.2, 0.25) is 0 Å². The summed E-state index contributed by atoms with van der Waals surface area (Å²) in [7, 11) is 0. The van der Waals surface area contributed by atoms with Gasteiger partial charge in [0, 0.05) is 6.54 Å². The summed E-state index contributed by atoms with van der Waals surface area (Å²) in [4.78, 5) is 42.6. The number of rotatable bonds is 7. The van der Waals surface area contributed by atoms with Crippen molar-refractivity contribution in [3.05, 3.63) is 0 Å². The lowest BCUT2D eigenvalue weighted by Gasteiger charge is -2.22. The largest absolute Gasteiger partial charge is 0.480 e. The van der Waals surface area contributed by atoms with Gasteiger partial charge in [-0.25, -0.2) is 9.59 Å². The zero-order chi connectivity index (χ0) is 23.7. The van der Waals surface area contributed by atoms with Gasteiger partial charge in [0.1, 0.15) is 12.1 Å². The maximum Gasteiger partial charge on any atom is 0.471 e. The van der Waals surface area contributed by atoms with Crippen molar-refractivity contribution in [1.29, 1.82) is 0 Å². The van der Waals surface area contributed by atoms with E-state index in [1.165, 1.54) is 5.32 Å². The fourth-order valence-electron chi connectivity index (χ4n) is 2.42. The Bertz CT molecular complexity index is 625. The van der Waals surface area contributed by atoms with E-state index in [1.807, 2.05) is 0 Å². The topological polar surface area (TPSA) is 150 Å². The Morgan fingerprint density at radius 3 is 2.00 bits per heavy atom. The van der Waals surface area contributed by atoms with Gasteiger partial charge in [0.25, 0.3) is 0 Å². The van der Waals surface area contributed by atoms with Crippen LogP contribution in [0.25, 0.3) is 0 Å². The van der Waals surface area contributed by atoms with Gasteiger partial charge in [-0.1, -0.05) is 0 Å². The van der Waals surface area contributed by atoms with Crippen LogP contribution in [0.2, 0.25) is 0 Å². The summed E-state index contributed by atoms with van der Waals surface area (Å²) in [5.41, 5.74) is 5.15. The molecule has 0 bridgehead atoms. The maximum atomic E-state index is 12.0. The van der Waals surface area contributed by atoms with Crippen molar-refractivity contribution in [3.8, 4) is 0 Å². The monoisotopic (exact) mass is 453 g/mol. The number of aliphatic carboxylic acids is 2. The van der Waals surface area contributed by atoms with Crippen LogP contribution in [0, 0.1) is 0 Å². The van der Waals surface area contributed by atoms with E-state index in [4.69, 9.17) is 15.9 Å². The summed E-state index contributed by atoms with van der Waals surface area (Å²) in [5, 5.41) is 18.5. The Morgan fingerprint density at radius 1 is 1.03 bits per heavy atom. The number of carboxylic acids is 2. The molecule has 1 aliphatic heterocycles. The standard InChI is InChI=1S/C8H13F3N2O3.C7H8F3NO3/c9-8(10,11)7(16)13-5(6(14)15)3-1-2-4-12;8-7(9,10)6(14)11-3-1-2-4(11)5(12)13/h5H,1-4,12H2,(H,13,16)(H,14,15);4H,1-3H2,(H,12,13)/t5-;4-/m00/s1. The van der Waals surface area contributed by atoms with Crippen LogP contribution < -0.4 is 11.1 Å². The van der Waals surface area contributed by atoms with Gasteiger partial charge in [-0.2, -0.15) is 26.3 Å². The highest BCUT2D eigenvalue weighted by molar-refractivity contribution is 5.87. The minimum Gasteiger partial charge on any atom is -0.480 e. The zero-order valence-corrected chi connectivity index (χ0v) is 15.4. The molecule has 1 rings (SSSR count). The van der Waals surface area contributed by atoms with Crippen molar-refractivity contribution >= 4 is 23.8 Å². The predicted molar refractivity (Wildman–Crippen MR) is 87.0 cm³/mol. The molecule has 2 amide bonds. The predicted octanol–water partition coefficient (Wildman–Crippen LogP) is 0.871. The minimum absolute atomic E-state index is 0.0750. The molecule has 0 aromatic carbocycles. The minimum atomic E-state index is -5.07. The van der Waals surface area contributed by atoms with Crippen LogP contribution in [0.1, 0.15) is 32.1 Å². The first kappa shape index (κ1) is 27.4. The van der Waals surface area contributed by atoms with Crippen LogP contribution in [-0.4, -0.2) is 76.4 Å². The maximum absolute atomic E-state index is 12.0. The van der Waals surface area contributed by atoms with Gasteiger partial charge in [0.15, 0.2) is 0 Å². The number of amides is 2. The number of unbranched alkanes of at least 4 members (excludes halogenated alkanes) is 1. The molecule has 0 spiro atoms. The molecule has 0 aliphatic carbocycles. The van der Waals surface area contributed by atoms with E-state index in [9.17, 15) is 45.5 Å². The summed E-state index contributed by atoms with van der Waals surface area (Å²) < 4.78 is 71.4. The Hall–Kier alpha value is -2.58. The number of nitrogens with one attached hydrogen (secondary N) is 1. The Labute approximate surface area is 166 Å². The molecule has 0 aromatic rings. The van der Waals surface area contributed by atoms with E-state index in [0.717, 1.165) is 0 Å². The van der Waals surface area contributed by atoms with Crippen LogP contribution in [0.5, 0.6) is 0 Å². The molecule has 0 unspecified atom stereocenters. The van der Waals surface area contributed by atoms with Crippen molar-refractivity contribution in [3.63, 3.8) is 0 Å². The Morgan fingerprint density at radius 2 is 1.60 bits per heavy atom. The third-order valence-corrected chi connectivity index (χ3v) is 3.85. The van der Waals surface area contributed by atoms with Gasteiger partial charge >= 0.3 is 36.1 Å². The Kier molecular flexibility index (Phi) is 10.6. The molecule has 0 aromatic heterocycles. The highest BCUT2D eigenvalue weighted by Gasteiger charge is 2.47. The quantitative estimate of drug-likeness (QED) is 0.330. The van der Waals surface area contributed by atoms with E-state index in [2.05, 4.69) is 0 Å². The van der Waals surface area contributed by atoms with Crippen LogP contribution in [-0.2, 0) is 19.2 Å². The van der Waals surface area contributed by atoms with Crippen LogP contribution in [0.4, 0.5) is 26.3 Å². The normalized spacial score (nSPS) is 17.6. The van der Waals surface area contributed by atoms with Gasteiger partial charge in [-0.05, 0) is 38.6 Å². The number of alkyl halides is 6. The molecule has 1 saturated heterocycles. The number of halogens is 6. The molecule has 15 heteroatoms. The third kappa shape index (κ3) is 9.28. The molecular formula is C15H21F6N3O6. The van der Waals surface area contributed by atoms with Gasteiger partial charge < -0.3 is 26.2 Å². The first-order chi connectivity index (χ1) is 13.6. The van der Waals surface area contributed by atoms with Crippen molar-refractivity contribution in [2.75, 3.05) is 13.1 Å². The fourth-order valence-corrected chi connectivity index (χ4v) is 2.42. The van der Waals surface area contributed by atoms with Gasteiger partial charge in [-0.3, -0.25) is 9.59 Å². The number of carbonyl (C=O) groups is 4. The molecule has 2 atom stereocenters. The lowest BCUT2D eigenvalue weighted by Crippen LogP contribution is -2.46. The molecule has 5 N–H and O–H groups in total. The average Bonchev–Trinajstić information content (AvgIpc) is 3.08. The summed E-state index contributed by atoms with van der Waals surface area (Å²) in [5.74, 6) is -7.19. The second-order valence-corrected chi connectivity index (χ2v) is 6.14. The van der Waals surface area contributed by atoms with E-state index in [1.54, 1.807) is 0 Å². The highest BCUT2D eigenvalue weighted by Crippen LogP contribution is 2.25. The summed E-state index contributed by atoms with van der Waals surface area (Å²) in [6.45, 7) is 0.175. The molecule has 174 valence electrons. The lowest BCUT2D eigenvalue weighted by molar-refractivity contribution is -0.187. The van der Waals surface area contributed by atoms with Crippen molar-refractivity contribution < 1.29 is 55.7 Å². The van der Waals surface area contributed by atoms with E-state index >= 15 is 0 Å². The highest BCUT2D eigenvalue weighted by atomic mass is 19.4. The van der Waals surface area contributed by atoms with Crippen molar-refractivity contribution in [1.82, 2.24) is 10.2 Å². The molecule has 1 heterocycles. The second kappa shape index (κ2) is 11.6. The van der Waals surface area contributed by atoms with Crippen molar-refractivity contribution in [2.45, 2.75) is 56.5 Å². The second-order valence-electron chi connectivity index (χ2n) is 6.14. The summed E-state index contributed by atoms with van der Waals surface area (Å²) in [6, 6.07) is -2.86. The number of carboxylic acid groups (broad SMARTS) is 2.